The number of carbonyl (C=O) groups is 2. The first kappa shape index (κ1) is 15.5. The van der Waals surface area contributed by atoms with Crippen molar-refractivity contribution in [2.45, 2.75) is 39.0 Å². The fraction of sp³-hybridized carbons (Fsp3) is 0.500. The molecule has 1 aromatic carbocycles. The minimum atomic E-state index is -0.957. The average molecular weight is 386 g/mol. The van der Waals surface area contributed by atoms with Crippen LogP contribution >= 0.6 is 22.6 Å². The van der Waals surface area contributed by atoms with Crippen LogP contribution in [0.5, 0.6) is 0 Å². The molecule has 1 fully saturated rings. The molecule has 0 N–H and O–H groups in total. The number of ketones is 1. The van der Waals surface area contributed by atoms with Gasteiger partial charge in [-0.3, -0.25) is 9.59 Å². The van der Waals surface area contributed by atoms with Crippen LogP contribution in [0.3, 0.4) is 0 Å². The molecule has 1 unspecified atom stereocenters. The van der Waals surface area contributed by atoms with Crippen molar-refractivity contribution in [1.82, 2.24) is 0 Å². The largest absolute Gasteiger partial charge is 0.465 e. The molecular weight excluding hydrogens is 367 g/mol. The second-order valence-electron chi connectivity index (χ2n) is 5.24. The first-order valence-electron chi connectivity index (χ1n) is 7.03. The molecule has 0 saturated heterocycles. The fourth-order valence-corrected chi connectivity index (χ4v) is 3.15. The van der Waals surface area contributed by atoms with E-state index in [-0.39, 0.29) is 11.8 Å². The first-order valence-corrected chi connectivity index (χ1v) is 8.11. The number of hydrogen-bond acceptors (Lipinski definition) is 3. The van der Waals surface area contributed by atoms with E-state index in [1.807, 2.05) is 24.3 Å². The molecule has 0 spiro atoms. The third kappa shape index (κ3) is 3.22. The van der Waals surface area contributed by atoms with Crippen molar-refractivity contribution in [3.05, 3.63) is 33.4 Å². The molecule has 1 aliphatic rings. The molecule has 0 radical (unpaired) electrons. The van der Waals surface area contributed by atoms with E-state index in [2.05, 4.69) is 22.6 Å². The van der Waals surface area contributed by atoms with E-state index in [0.29, 0.717) is 25.9 Å². The van der Waals surface area contributed by atoms with Crippen molar-refractivity contribution < 1.29 is 14.3 Å². The molecule has 4 heteroatoms. The highest BCUT2D eigenvalue weighted by atomic mass is 127. The highest BCUT2D eigenvalue weighted by Gasteiger charge is 2.47. The standard InChI is InChI=1S/C16H19IO3/c1-2-20-15(19)16(10-4-3-5-14(16)18)11-12-6-8-13(17)9-7-12/h6-9H,2-5,10-11H2,1H3. The van der Waals surface area contributed by atoms with E-state index >= 15 is 0 Å². The number of carbonyl (C=O) groups excluding carboxylic acids is 2. The zero-order valence-electron chi connectivity index (χ0n) is 11.7. The maximum absolute atomic E-state index is 12.4. The van der Waals surface area contributed by atoms with Crippen LogP contribution in [0.4, 0.5) is 0 Å². The van der Waals surface area contributed by atoms with Gasteiger partial charge < -0.3 is 4.74 Å². The minimum absolute atomic E-state index is 0.0424. The Hall–Kier alpha value is -0.910. The molecule has 2 rings (SSSR count). The summed E-state index contributed by atoms with van der Waals surface area (Å²) in [7, 11) is 0. The number of benzene rings is 1. The number of Topliss-reactive ketones (excluding diaryl/α,β-unsaturated/α-hetero) is 1. The van der Waals surface area contributed by atoms with Crippen LogP contribution in [0.25, 0.3) is 0 Å². The van der Waals surface area contributed by atoms with Crippen LogP contribution in [-0.2, 0) is 20.7 Å². The smallest absolute Gasteiger partial charge is 0.319 e. The third-order valence-electron chi connectivity index (χ3n) is 3.88. The summed E-state index contributed by atoms with van der Waals surface area (Å²) in [4.78, 5) is 24.8. The van der Waals surface area contributed by atoms with Gasteiger partial charge in [-0.15, -0.1) is 0 Å². The predicted octanol–water partition coefficient (Wildman–Crippen LogP) is 3.53. The molecule has 0 heterocycles. The molecular formula is C16H19IO3. The maximum Gasteiger partial charge on any atom is 0.319 e. The van der Waals surface area contributed by atoms with E-state index < -0.39 is 5.41 Å². The summed E-state index contributed by atoms with van der Waals surface area (Å²) in [6.07, 6.45) is 3.35. The highest BCUT2D eigenvalue weighted by Crippen LogP contribution is 2.38. The Bertz CT molecular complexity index is 495. The molecule has 20 heavy (non-hydrogen) atoms. The molecule has 1 atom stereocenters. The number of esters is 1. The van der Waals surface area contributed by atoms with Crippen LogP contribution in [0, 0.1) is 8.99 Å². The Labute approximate surface area is 133 Å². The summed E-state index contributed by atoms with van der Waals surface area (Å²) in [5.41, 5.74) is 0.0647. The van der Waals surface area contributed by atoms with Crippen LogP contribution in [0.1, 0.15) is 38.2 Å². The lowest BCUT2D eigenvalue weighted by molar-refractivity contribution is -0.162. The van der Waals surface area contributed by atoms with Crippen LogP contribution in [0.15, 0.2) is 24.3 Å². The topological polar surface area (TPSA) is 43.4 Å². The molecule has 0 amide bonds. The van der Waals surface area contributed by atoms with E-state index in [0.717, 1.165) is 22.0 Å². The Morgan fingerprint density at radius 1 is 1.30 bits per heavy atom. The van der Waals surface area contributed by atoms with E-state index in [1.165, 1.54) is 0 Å². The van der Waals surface area contributed by atoms with Crippen molar-refractivity contribution in [2.24, 2.45) is 5.41 Å². The SMILES string of the molecule is CCOC(=O)C1(Cc2ccc(I)cc2)CCCCC1=O. The molecule has 0 aromatic heterocycles. The van der Waals surface area contributed by atoms with Gasteiger partial charge in [-0.25, -0.2) is 0 Å². The lowest BCUT2D eigenvalue weighted by Gasteiger charge is -2.33. The first-order chi connectivity index (χ1) is 9.58. The summed E-state index contributed by atoms with van der Waals surface area (Å²) in [6.45, 7) is 2.10. The molecule has 3 nitrogen and oxygen atoms in total. The van der Waals surface area contributed by atoms with Gasteiger partial charge in [-0.1, -0.05) is 18.6 Å². The molecule has 1 saturated carbocycles. The third-order valence-corrected chi connectivity index (χ3v) is 4.60. The monoisotopic (exact) mass is 386 g/mol. The molecule has 1 aromatic rings. The van der Waals surface area contributed by atoms with Crippen molar-refractivity contribution in [2.75, 3.05) is 6.61 Å². The Kier molecular flexibility index (Phi) is 5.18. The van der Waals surface area contributed by atoms with Gasteiger partial charge >= 0.3 is 5.97 Å². The second kappa shape index (κ2) is 6.70. The van der Waals surface area contributed by atoms with Gasteiger partial charge in [0.15, 0.2) is 5.78 Å². The van der Waals surface area contributed by atoms with Gasteiger partial charge in [0.05, 0.1) is 6.61 Å². The molecule has 0 bridgehead atoms. The lowest BCUT2D eigenvalue weighted by Crippen LogP contribution is -2.44. The van der Waals surface area contributed by atoms with Crippen LogP contribution in [-0.4, -0.2) is 18.4 Å². The zero-order chi connectivity index (χ0) is 14.6. The van der Waals surface area contributed by atoms with Crippen molar-refractivity contribution in [3.63, 3.8) is 0 Å². The summed E-state index contributed by atoms with van der Waals surface area (Å²) < 4.78 is 6.33. The summed E-state index contributed by atoms with van der Waals surface area (Å²) >= 11 is 2.24. The van der Waals surface area contributed by atoms with Crippen molar-refractivity contribution in [3.8, 4) is 0 Å². The van der Waals surface area contributed by atoms with E-state index in [9.17, 15) is 9.59 Å². The number of rotatable bonds is 4. The number of ether oxygens (including phenoxy) is 1. The maximum atomic E-state index is 12.4. The van der Waals surface area contributed by atoms with Crippen molar-refractivity contribution in [1.29, 1.82) is 0 Å². The predicted molar refractivity (Wildman–Crippen MR) is 85.4 cm³/mol. The van der Waals surface area contributed by atoms with E-state index in [1.54, 1.807) is 6.92 Å². The van der Waals surface area contributed by atoms with E-state index in [4.69, 9.17) is 4.74 Å². The molecule has 0 aliphatic heterocycles. The minimum Gasteiger partial charge on any atom is -0.465 e. The van der Waals surface area contributed by atoms with Gasteiger partial charge in [0.25, 0.3) is 0 Å². The summed E-state index contributed by atoms with van der Waals surface area (Å²) in [6, 6.07) is 7.99. The average Bonchev–Trinajstić information content (AvgIpc) is 2.44. The number of hydrogen-bond donors (Lipinski definition) is 0. The van der Waals surface area contributed by atoms with Gasteiger partial charge in [0.1, 0.15) is 5.41 Å². The quantitative estimate of drug-likeness (QED) is 0.452. The molecule has 1 aliphatic carbocycles. The van der Waals surface area contributed by atoms with Crippen LogP contribution in [0.2, 0.25) is 0 Å². The highest BCUT2D eigenvalue weighted by molar-refractivity contribution is 14.1. The Morgan fingerprint density at radius 3 is 2.60 bits per heavy atom. The van der Waals surface area contributed by atoms with Gasteiger partial charge in [0.2, 0.25) is 0 Å². The van der Waals surface area contributed by atoms with Gasteiger partial charge in [-0.2, -0.15) is 0 Å². The van der Waals surface area contributed by atoms with Crippen LogP contribution < -0.4 is 0 Å². The zero-order valence-corrected chi connectivity index (χ0v) is 13.8. The summed E-state index contributed by atoms with van der Waals surface area (Å²) in [5.74, 6) is -0.302. The Balaban J connectivity index is 2.28. The number of halogens is 1. The second-order valence-corrected chi connectivity index (χ2v) is 6.48. The van der Waals surface area contributed by atoms with Crippen molar-refractivity contribution >= 4 is 34.3 Å². The molecule has 108 valence electrons. The van der Waals surface area contributed by atoms with Gasteiger partial charge in [-0.05, 0) is 66.5 Å². The fourth-order valence-electron chi connectivity index (χ4n) is 2.79. The Morgan fingerprint density at radius 2 is 2.00 bits per heavy atom. The van der Waals surface area contributed by atoms with Gasteiger partial charge in [0, 0.05) is 9.99 Å². The lowest BCUT2D eigenvalue weighted by atomic mass is 9.69. The normalized spacial score (nSPS) is 22.6. The summed E-state index contributed by atoms with van der Waals surface area (Å²) in [5, 5.41) is 0.